The molecule has 0 radical (unpaired) electrons. The van der Waals surface area contributed by atoms with Gasteiger partial charge in [0.2, 0.25) is 5.54 Å². The molecule has 5 nitrogen and oxygen atoms in total. The highest BCUT2D eigenvalue weighted by atomic mass is 32.2. The second-order valence-corrected chi connectivity index (χ2v) is 4.53. The number of carbonyl (C=O) groups is 2. The molecule has 3 N–H and O–H groups in total. The second-order valence-electron chi connectivity index (χ2n) is 3.46. The molecular formula is C9H10N2O3S. The molecule has 6 heteroatoms. The van der Waals surface area contributed by atoms with Gasteiger partial charge in [-0.1, -0.05) is 12.7 Å². The molecule has 1 fully saturated rings. The minimum Gasteiger partial charge on any atom is -0.479 e. The summed E-state index contributed by atoms with van der Waals surface area (Å²) in [6.45, 7) is 3.60. The Hall–Kier alpha value is -1.27. The lowest BCUT2D eigenvalue weighted by atomic mass is 9.89. The Morgan fingerprint density at radius 2 is 2.53 bits per heavy atom. The van der Waals surface area contributed by atoms with Crippen LogP contribution in [0.15, 0.2) is 24.4 Å². The van der Waals surface area contributed by atoms with Crippen LogP contribution in [0.25, 0.3) is 0 Å². The van der Waals surface area contributed by atoms with E-state index in [0.717, 1.165) is 5.57 Å². The van der Waals surface area contributed by atoms with Crippen molar-refractivity contribution in [2.24, 2.45) is 5.73 Å². The number of amides is 1. The molecule has 0 aromatic rings. The number of β-lactam (4-membered cyclic amide) rings is 1. The number of fused-ring (bicyclic) bond motifs is 1. The van der Waals surface area contributed by atoms with Gasteiger partial charge in [-0.15, -0.1) is 11.8 Å². The molecule has 1 amide bonds. The number of aliphatic carboxylic acids is 1. The number of carboxylic acids is 1. The van der Waals surface area contributed by atoms with E-state index in [-0.39, 0.29) is 0 Å². The van der Waals surface area contributed by atoms with Gasteiger partial charge in [0.25, 0.3) is 5.91 Å². The molecule has 0 aromatic carbocycles. The van der Waals surface area contributed by atoms with Gasteiger partial charge in [-0.25, -0.2) is 4.79 Å². The summed E-state index contributed by atoms with van der Waals surface area (Å²) in [7, 11) is 0. The van der Waals surface area contributed by atoms with E-state index >= 15 is 0 Å². The maximum absolute atomic E-state index is 11.5. The Morgan fingerprint density at radius 3 is 3.07 bits per heavy atom. The van der Waals surface area contributed by atoms with Crippen LogP contribution in [0, 0.1) is 0 Å². The first-order chi connectivity index (χ1) is 7.01. The number of nitrogens with zero attached hydrogens (tertiary/aromatic N) is 1. The quantitative estimate of drug-likeness (QED) is 0.501. The normalized spacial score (nSPS) is 33.9. The first kappa shape index (κ1) is 10.3. The van der Waals surface area contributed by atoms with Crippen molar-refractivity contribution in [1.82, 2.24) is 4.90 Å². The van der Waals surface area contributed by atoms with Crippen LogP contribution in [0.2, 0.25) is 0 Å². The fourth-order valence-electron chi connectivity index (χ4n) is 1.62. The highest BCUT2D eigenvalue weighted by Crippen LogP contribution is 2.41. The SMILES string of the molecule is C=CC1=CN2C(=O)C(N)(C(=O)O)[C@@H]2SC1. The smallest absolute Gasteiger partial charge is 0.336 e. The fourth-order valence-corrected chi connectivity index (χ4v) is 2.94. The zero-order valence-corrected chi connectivity index (χ0v) is 8.66. The molecule has 1 unspecified atom stereocenters. The van der Waals surface area contributed by atoms with Crippen LogP contribution in [-0.4, -0.2) is 38.5 Å². The molecule has 1 saturated heterocycles. The van der Waals surface area contributed by atoms with E-state index in [0.29, 0.717) is 5.75 Å². The molecule has 2 aliphatic heterocycles. The first-order valence-corrected chi connectivity index (χ1v) is 5.36. The monoisotopic (exact) mass is 226 g/mol. The summed E-state index contributed by atoms with van der Waals surface area (Å²) in [5.41, 5.74) is 4.71. The minimum absolute atomic E-state index is 0.494. The number of rotatable bonds is 2. The molecule has 2 atom stereocenters. The predicted octanol–water partition coefficient (Wildman–Crippen LogP) is -0.246. The molecule has 2 rings (SSSR count). The number of carbonyl (C=O) groups excluding carboxylic acids is 1. The van der Waals surface area contributed by atoms with Gasteiger partial charge in [0.05, 0.1) is 0 Å². The molecule has 0 aromatic heterocycles. The highest BCUT2D eigenvalue weighted by Gasteiger charge is 2.64. The van der Waals surface area contributed by atoms with Crippen LogP contribution in [0.3, 0.4) is 0 Å². The summed E-state index contributed by atoms with van der Waals surface area (Å²) in [5.74, 6) is -1.20. The van der Waals surface area contributed by atoms with E-state index < -0.39 is 22.8 Å². The van der Waals surface area contributed by atoms with Gasteiger partial charge in [-0.3, -0.25) is 4.79 Å². The Bertz CT molecular complexity index is 393. The number of hydrogen-bond donors (Lipinski definition) is 2. The van der Waals surface area contributed by atoms with Crippen LogP contribution >= 0.6 is 11.8 Å². The van der Waals surface area contributed by atoms with Crippen molar-refractivity contribution in [3.63, 3.8) is 0 Å². The summed E-state index contributed by atoms with van der Waals surface area (Å²) in [5, 5.41) is 8.40. The van der Waals surface area contributed by atoms with Crippen molar-refractivity contribution in [1.29, 1.82) is 0 Å². The fraction of sp³-hybridized carbons (Fsp3) is 0.333. The van der Waals surface area contributed by atoms with Crippen molar-refractivity contribution in [2.75, 3.05) is 5.75 Å². The Kier molecular flexibility index (Phi) is 2.13. The second kappa shape index (κ2) is 3.11. The van der Waals surface area contributed by atoms with Crippen LogP contribution < -0.4 is 5.73 Å². The van der Waals surface area contributed by atoms with Crippen LogP contribution in [-0.2, 0) is 9.59 Å². The molecule has 2 heterocycles. The predicted molar refractivity (Wildman–Crippen MR) is 55.9 cm³/mol. The van der Waals surface area contributed by atoms with Gasteiger partial charge in [-0.05, 0) is 5.57 Å². The van der Waals surface area contributed by atoms with E-state index in [1.807, 2.05) is 0 Å². The highest BCUT2D eigenvalue weighted by molar-refractivity contribution is 8.00. The van der Waals surface area contributed by atoms with Crippen molar-refractivity contribution < 1.29 is 14.7 Å². The first-order valence-electron chi connectivity index (χ1n) is 4.31. The van der Waals surface area contributed by atoms with Gasteiger partial charge in [0.15, 0.2) is 0 Å². The van der Waals surface area contributed by atoms with E-state index in [4.69, 9.17) is 10.8 Å². The molecular weight excluding hydrogens is 216 g/mol. The number of hydrogen-bond acceptors (Lipinski definition) is 4. The average Bonchev–Trinajstić information content (AvgIpc) is 2.26. The van der Waals surface area contributed by atoms with Crippen LogP contribution in [0.4, 0.5) is 0 Å². The summed E-state index contributed by atoms with van der Waals surface area (Å²) in [4.78, 5) is 23.8. The lowest BCUT2D eigenvalue weighted by molar-refractivity contribution is -0.164. The maximum atomic E-state index is 11.5. The van der Waals surface area contributed by atoms with E-state index in [9.17, 15) is 9.59 Å². The zero-order valence-electron chi connectivity index (χ0n) is 7.84. The number of allylic oxidation sites excluding steroid dienone is 1. The summed E-state index contributed by atoms with van der Waals surface area (Å²) >= 11 is 1.34. The minimum atomic E-state index is -1.76. The zero-order chi connectivity index (χ0) is 11.2. The summed E-state index contributed by atoms with van der Waals surface area (Å²) in [6.07, 6.45) is 3.26. The summed E-state index contributed by atoms with van der Waals surface area (Å²) < 4.78 is 0. The van der Waals surface area contributed by atoms with Gasteiger partial charge in [0, 0.05) is 12.0 Å². The molecule has 0 bridgehead atoms. The number of thioether (sulfide) groups is 1. The van der Waals surface area contributed by atoms with Gasteiger partial charge >= 0.3 is 5.97 Å². The van der Waals surface area contributed by atoms with Crippen LogP contribution in [0.5, 0.6) is 0 Å². The molecule has 0 saturated carbocycles. The Balaban J connectivity index is 2.30. The third-order valence-electron chi connectivity index (χ3n) is 2.56. The van der Waals surface area contributed by atoms with E-state index in [1.54, 1.807) is 12.3 Å². The van der Waals surface area contributed by atoms with Gasteiger partial charge in [-0.2, -0.15) is 0 Å². The van der Waals surface area contributed by atoms with Crippen molar-refractivity contribution in [2.45, 2.75) is 10.9 Å². The number of carboxylic acid groups (broad SMARTS) is 1. The molecule has 0 spiro atoms. The van der Waals surface area contributed by atoms with Crippen molar-refractivity contribution >= 4 is 23.6 Å². The maximum Gasteiger partial charge on any atom is 0.336 e. The van der Waals surface area contributed by atoms with Crippen molar-refractivity contribution in [3.05, 3.63) is 24.4 Å². The third kappa shape index (κ3) is 1.15. The van der Waals surface area contributed by atoms with E-state index in [1.165, 1.54) is 16.7 Å². The topological polar surface area (TPSA) is 83.6 Å². The van der Waals surface area contributed by atoms with E-state index in [2.05, 4.69) is 6.58 Å². The molecule has 15 heavy (non-hydrogen) atoms. The van der Waals surface area contributed by atoms with Crippen LogP contribution in [0.1, 0.15) is 0 Å². The summed E-state index contributed by atoms with van der Waals surface area (Å²) in [6, 6.07) is 0. The molecule has 0 aliphatic carbocycles. The standard InChI is InChI=1S/C9H10N2O3S/c1-2-5-3-11-6(12)9(10,8(13)14)7(11)15-4-5/h2-3,7H,1,4,10H2,(H,13,14)/t7-,9?/m0/s1. The Labute approximate surface area is 90.6 Å². The lowest BCUT2D eigenvalue weighted by Gasteiger charge is -2.51. The molecule has 2 aliphatic rings. The average molecular weight is 226 g/mol. The van der Waals surface area contributed by atoms with Gasteiger partial charge in [0.1, 0.15) is 5.37 Å². The molecule has 80 valence electrons. The largest absolute Gasteiger partial charge is 0.479 e. The van der Waals surface area contributed by atoms with Crippen molar-refractivity contribution in [3.8, 4) is 0 Å². The Morgan fingerprint density at radius 1 is 1.87 bits per heavy atom. The number of nitrogens with two attached hydrogens (primary N) is 1. The van der Waals surface area contributed by atoms with Gasteiger partial charge < -0.3 is 15.7 Å². The third-order valence-corrected chi connectivity index (χ3v) is 3.97. The lowest BCUT2D eigenvalue weighted by Crippen LogP contribution is -2.79.